The minimum absolute atomic E-state index is 0.229. The predicted octanol–water partition coefficient (Wildman–Crippen LogP) is 2.73. The quantitative estimate of drug-likeness (QED) is 0.774. The van der Waals surface area contributed by atoms with Crippen molar-refractivity contribution < 1.29 is 19.1 Å². The smallest absolute Gasteiger partial charge is 0.414 e. The van der Waals surface area contributed by atoms with Gasteiger partial charge in [0.25, 0.3) is 0 Å². The van der Waals surface area contributed by atoms with E-state index in [2.05, 4.69) is 15.6 Å². The maximum atomic E-state index is 12.8. The number of nitrogens with one attached hydrogen (secondary N) is 2. The number of nitrogens with zero attached hydrogens (tertiary/aromatic N) is 2. The van der Waals surface area contributed by atoms with Crippen LogP contribution in [0.4, 0.5) is 16.2 Å². The van der Waals surface area contributed by atoms with Crippen molar-refractivity contribution in [3.63, 3.8) is 0 Å². The van der Waals surface area contributed by atoms with Crippen molar-refractivity contribution in [2.75, 3.05) is 29.9 Å². The van der Waals surface area contributed by atoms with Gasteiger partial charge in [0.05, 0.1) is 18.8 Å². The van der Waals surface area contributed by atoms with Crippen molar-refractivity contribution in [1.29, 1.82) is 0 Å². The number of hydrogen-bond donors (Lipinski definition) is 2. The molecule has 8 nitrogen and oxygen atoms in total. The molecule has 146 valence electrons. The Morgan fingerprint density at radius 3 is 2.67 bits per heavy atom. The highest BCUT2D eigenvalue weighted by Gasteiger charge is 2.38. The fraction of sp³-hybridized carbons (Fsp3) is 0.526. The molecular weight excluding hydrogens is 348 g/mol. The van der Waals surface area contributed by atoms with Crippen molar-refractivity contribution in [2.24, 2.45) is 4.99 Å². The van der Waals surface area contributed by atoms with Crippen LogP contribution in [0.15, 0.2) is 17.1 Å². The molecule has 0 saturated heterocycles. The standard InChI is InChI=1S/C19H26N4O4/c1-11-14(22-17-20-8-9-21-17)7-6-13-15(26-12(2)24)10-23(16(11)13)18(25)27-19(3,4)5/h6-7,15H,8-10H2,1-5H3,(H2,20,21,22). The molecule has 1 amide bonds. The van der Waals surface area contributed by atoms with Gasteiger partial charge in [0, 0.05) is 24.7 Å². The summed E-state index contributed by atoms with van der Waals surface area (Å²) in [6.07, 6.45) is -0.977. The van der Waals surface area contributed by atoms with E-state index in [4.69, 9.17) is 9.47 Å². The molecule has 0 radical (unpaired) electrons. The first kappa shape index (κ1) is 19.0. The van der Waals surface area contributed by atoms with Crippen molar-refractivity contribution in [2.45, 2.75) is 46.3 Å². The molecule has 1 unspecified atom stereocenters. The van der Waals surface area contributed by atoms with E-state index >= 15 is 0 Å². The number of aliphatic imine (C=N–C) groups is 1. The lowest BCUT2D eigenvalue weighted by Crippen LogP contribution is -2.37. The number of hydrogen-bond acceptors (Lipinski definition) is 7. The Balaban J connectivity index is 1.96. The zero-order valence-corrected chi connectivity index (χ0v) is 16.4. The van der Waals surface area contributed by atoms with Crippen LogP contribution in [0.1, 0.15) is 44.9 Å². The maximum absolute atomic E-state index is 12.8. The van der Waals surface area contributed by atoms with Gasteiger partial charge < -0.3 is 20.1 Å². The Hall–Kier alpha value is -2.77. The molecular formula is C19H26N4O4. The number of guanidine groups is 1. The van der Waals surface area contributed by atoms with Crippen LogP contribution in [-0.4, -0.2) is 43.3 Å². The zero-order chi connectivity index (χ0) is 19.8. The number of anilines is 2. The fourth-order valence-corrected chi connectivity index (χ4v) is 3.22. The van der Waals surface area contributed by atoms with Gasteiger partial charge in [-0.2, -0.15) is 0 Å². The number of fused-ring (bicyclic) bond motifs is 1. The Kier molecular flexibility index (Phi) is 4.99. The Morgan fingerprint density at radius 1 is 1.33 bits per heavy atom. The highest BCUT2D eigenvalue weighted by atomic mass is 16.6. The van der Waals surface area contributed by atoms with Crippen molar-refractivity contribution in [3.8, 4) is 0 Å². The van der Waals surface area contributed by atoms with Gasteiger partial charge in [0.15, 0.2) is 5.96 Å². The largest absolute Gasteiger partial charge is 0.456 e. The van der Waals surface area contributed by atoms with Gasteiger partial charge in [-0.15, -0.1) is 0 Å². The van der Waals surface area contributed by atoms with E-state index in [0.717, 1.165) is 29.9 Å². The van der Waals surface area contributed by atoms with Crippen LogP contribution in [0.3, 0.4) is 0 Å². The molecule has 0 aromatic heterocycles. The van der Waals surface area contributed by atoms with Gasteiger partial charge in [0.2, 0.25) is 0 Å². The number of carbonyl (C=O) groups is 2. The van der Waals surface area contributed by atoms with E-state index < -0.39 is 17.8 Å². The number of ether oxygens (including phenoxy) is 2. The molecule has 1 aromatic carbocycles. The second-order valence-corrected chi connectivity index (χ2v) is 7.65. The van der Waals surface area contributed by atoms with Gasteiger partial charge >= 0.3 is 12.1 Å². The molecule has 0 fully saturated rings. The highest BCUT2D eigenvalue weighted by Crippen LogP contribution is 2.42. The van der Waals surface area contributed by atoms with E-state index in [-0.39, 0.29) is 12.5 Å². The SMILES string of the molecule is CC(=O)OC1CN(C(=O)OC(C)(C)C)c2c1ccc(NC1=NCCN1)c2C. The highest BCUT2D eigenvalue weighted by molar-refractivity contribution is 5.99. The van der Waals surface area contributed by atoms with Crippen LogP contribution in [-0.2, 0) is 14.3 Å². The summed E-state index contributed by atoms with van der Waals surface area (Å²) in [6, 6.07) is 3.78. The molecule has 2 aliphatic heterocycles. The first-order chi connectivity index (χ1) is 12.7. The second kappa shape index (κ2) is 7.09. The van der Waals surface area contributed by atoms with Crippen molar-refractivity contribution in [1.82, 2.24) is 5.32 Å². The van der Waals surface area contributed by atoms with Crippen molar-refractivity contribution >= 4 is 29.4 Å². The maximum Gasteiger partial charge on any atom is 0.414 e. The third kappa shape index (κ3) is 4.15. The Morgan fingerprint density at radius 2 is 2.07 bits per heavy atom. The lowest BCUT2D eigenvalue weighted by Gasteiger charge is -2.26. The van der Waals surface area contributed by atoms with Gasteiger partial charge in [-0.25, -0.2) is 4.79 Å². The summed E-state index contributed by atoms with van der Waals surface area (Å²) in [5, 5.41) is 6.42. The summed E-state index contributed by atoms with van der Waals surface area (Å²) in [7, 11) is 0. The number of carbonyl (C=O) groups excluding carboxylic acids is 2. The topological polar surface area (TPSA) is 92.3 Å². The first-order valence-electron chi connectivity index (χ1n) is 9.02. The summed E-state index contributed by atoms with van der Waals surface area (Å²) in [5.74, 6) is 0.317. The lowest BCUT2D eigenvalue weighted by atomic mass is 10.0. The third-order valence-corrected chi connectivity index (χ3v) is 4.28. The van der Waals surface area contributed by atoms with Gasteiger partial charge in [-0.05, 0) is 39.3 Å². The average Bonchev–Trinajstić information content (AvgIpc) is 3.16. The fourth-order valence-electron chi connectivity index (χ4n) is 3.22. The summed E-state index contributed by atoms with van der Waals surface area (Å²) in [4.78, 5) is 30.2. The van der Waals surface area contributed by atoms with Crippen LogP contribution in [0.5, 0.6) is 0 Å². The van der Waals surface area contributed by atoms with Crippen LogP contribution in [0.2, 0.25) is 0 Å². The Bertz CT molecular complexity index is 798. The monoisotopic (exact) mass is 374 g/mol. The summed E-state index contributed by atoms with van der Waals surface area (Å²) in [6.45, 7) is 10.5. The molecule has 8 heteroatoms. The lowest BCUT2D eigenvalue weighted by molar-refractivity contribution is -0.145. The normalized spacial score (nSPS) is 18.5. The molecule has 0 aliphatic carbocycles. The molecule has 0 bridgehead atoms. The molecule has 2 aliphatic rings. The van der Waals surface area contributed by atoms with Gasteiger partial charge in [0.1, 0.15) is 11.7 Å². The molecule has 2 heterocycles. The number of benzene rings is 1. The average molecular weight is 374 g/mol. The zero-order valence-electron chi connectivity index (χ0n) is 16.4. The summed E-state index contributed by atoms with van der Waals surface area (Å²) >= 11 is 0. The van der Waals surface area contributed by atoms with E-state index in [0.29, 0.717) is 11.6 Å². The number of rotatable bonds is 2. The van der Waals surface area contributed by atoms with Crippen LogP contribution >= 0.6 is 0 Å². The minimum atomic E-state index is -0.622. The van der Waals surface area contributed by atoms with Crippen molar-refractivity contribution in [3.05, 3.63) is 23.3 Å². The minimum Gasteiger partial charge on any atom is -0.456 e. The number of amides is 1. The van der Waals surface area contributed by atoms with E-state index in [1.807, 2.05) is 39.8 Å². The predicted molar refractivity (Wildman–Crippen MR) is 103 cm³/mol. The molecule has 27 heavy (non-hydrogen) atoms. The van der Waals surface area contributed by atoms with E-state index in [1.165, 1.54) is 6.92 Å². The van der Waals surface area contributed by atoms with Crippen LogP contribution < -0.4 is 15.5 Å². The summed E-state index contributed by atoms with van der Waals surface area (Å²) < 4.78 is 11.0. The van der Waals surface area contributed by atoms with E-state index in [1.54, 1.807) is 4.90 Å². The van der Waals surface area contributed by atoms with Crippen LogP contribution in [0, 0.1) is 6.92 Å². The molecule has 1 aromatic rings. The van der Waals surface area contributed by atoms with Gasteiger partial charge in [-0.3, -0.25) is 14.7 Å². The van der Waals surface area contributed by atoms with Gasteiger partial charge in [-0.1, -0.05) is 6.07 Å². The summed E-state index contributed by atoms with van der Waals surface area (Å²) in [5.41, 5.74) is 2.58. The second-order valence-electron chi connectivity index (χ2n) is 7.65. The molecule has 3 rings (SSSR count). The Labute approximate surface area is 158 Å². The van der Waals surface area contributed by atoms with Crippen LogP contribution in [0.25, 0.3) is 0 Å². The molecule has 1 atom stereocenters. The first-order valence-corrected chi connectivity index (χ1v) is 9.02. The van der Waals surface area contributed by atoms with E-state index in [9.17, 15) is 9.59 Å². The molecule has 2 N–H and O–H groups in total. The third-order valence-electron chi connectivity index (χ3n) is 4.28. The molecule has 0 spiro atoms. The molecule has 0 saturated carbocycles. The number of esters is 1.